The fourth-order valence-corrected chi connectivity index (χ4v) is 2.76. The second-order valence-electron chi connectivity index (χ2n) is 4.12. The largest absolute Gasteiger partial charge is 0.398 e. The molecular weight excluding hydrogens is 272 g/mol. The first kappa shape index (κ1) is 15.0. The maximum Gasteiger partial charge on any atom is 0.222 e. The molecule has 0 aliphatic carbocycles. The van der Waals surface area contributed by atoms with Gasteiger partial charge in [-0.15, -0.1) is 0 Å². The Balaban J connectivity index is 2.53. The Morgan fingerprint density at radius 2 is 2.11 bits per heavy atom. The number of carbonyl (C=O) groups excluding carboxylic acids is 1. The van der Waals surface area contributed by atoms with Crippen LogP contribution in [0.4, 0.5) is 5.69 Å². The fourth-order valence-electron chi connectivity index (χ4n) is 1.41. The molecule has 1 aromatic rings. The maximum atomic E-state index is 12.0. The molecule has 0 saturated carbocycles. The highest BCUT2D eigenvalue weighted by Crippen LogP contribution is 2.21. The van der Waals surface area contributed by atoms with E-state index in [-0.39, 0.29) is 5.91 Å². The standard InChI is InChI=1S/C12H17ClN2O2S/c1-15(2)12(16)4-3-7-18(17)11-6-5-9(13)8-10(11)14/h5-6,8H,3-4,7,14H2,1-2H3. The van der Waals surface area contributed by atoms with Gasteiger partial charge in [0.25, 0.3) is 0 Å². The van der Waals surface area contributed by atoms with Gasteiger partial charge < -0.3 is 10.6 Å². The zero-order valence-electron chi connectivity index (χ0n) is 10.5. The van der Waals surface area contributed by atoms with Gasteiger partial charge in [0.15, 0.2) is 0 Å². The van der Waals surface area contributed by atoms with Gasteiger partial charge in [-0.25, -0.2) is 0 Å². The highest BCUT2D eigenvalue weighted by Gasteiger charge is 2.10. The van der Waals surface area contributed by atoms with E-state index in [4.69, 9.17) is 17.3 Å². The molecule has 1 amide bonds. The molecule has 0 heterocycles. The van der Waals surface area contributed by atoms with Crippen molar-refractivity contribution in [2.45, 2.75) is 17.7 Å². The molecule has 2 N–H and O–H groups in total. The quantitative estimate of drug-likeness (QED) is 0.842. The van der Waals surface area contributed by atoms with Crippen LogP contribution in [-0.2, 0) is 15.6 Å². The van der Waals surface area contributed by atoms with Gasteiger partial charge in [0.2, 0.25) is 5.91 Å². The van der Waals surface area contributed by atoms with Crippen LogP contribution in [0.15, 0.2) is 23.1 Å². The van der Waals surface area contributed by atoms with Crippen LogP contribution in [0.3, 0.4) is 0 Å². The summed E-state index contributed by atoms with van der Waals surface area (Å²) in [6.07, 6.45) is 0.970. The van der Waals surface area contributed by atoms with Gasteiger partial charge in [-0.3, -0.25) is 9.00 Å². The lowest BCUT2D eigenvalue weighted by molar-refractivity contribution is -0.128. The molecule has 18 heavy (non-hydrogen) atoms. The summed E-state index contributed by atoms with van der Waals surface area (Å²) in [7, 11) is 2.22. The molecule has 0 spiro atoms. The highest BCUT2D eigenvalue weighted by atomic mass is 35.5. The van der Waals surface area contributed by atoms with Crippen LogP contribution in [-0.4, -0.2) is 34.9 Å². The SMILES string of the molecule is CN(C)C(=O)CCCS(=O)c1ccc(Cl)cc1N. The third kappa shape index (κ3) is 4.31. The molecule has 1 rings (SSSR count). The zero-order valence-corrected chi connectivity index (χ0v) is 12.1. The summed E-state index contributed by atoms with van der Waals surface area (Å²) in [5, 5.41) is 0.524. The predicted octanol–water partition coefficient (Wildman–Crippen LogP) is 1.90. The lowest BCUT2D eigenvalue weighted by atomic mass is 10.3. The number of halogens is 1. The molecule has 0 aliphatic heterocycles. The first-order valence-corrected chi connectivity index (χ1v) is 7.25. The predicted molar refractivity (Wildman–Crippen MR) is 75.1 cm³/mol. The van der Waals surface area contributed by atoms with E-state index >= 15 is 0 Å². The molecule has 1 unspecified atom stereocenters. The van der Waals surface area contributed by atoms with Crippen molar-refractivity contribution in [1.82, 2.24) is 4.90 Å². The van der Waals surface area contributed by atoms with E-state index < -0.39 is 10.8 Å². The molecule has 1 aromatic carbocycles. The molecule has 0 aliphatic rings. The number of nitrogen functional groups attached to an aromatic ring is 1. The van der Waals surface area contributed by atoms with Crippen LogP contribution >= 0.6 is 11.6 Å². The maximum absolute atomic E-state index is 12.0. The minimum absolute atomic E-state index is 0.0380. The number of anilines is 1. The van der Waals surface area contributed by atoms with Crippen molar-refractivity contribution in [3.05, 3.63) is 23.2 Å². The third-order valence-electron chi connectivity index (χ3n) is 2.44. The van der Waals surface area contributed by atoms with E-state index in [1.807, 2.05) is 0 Å². The Hall–Kier alpha value is -1.07. The minimum Gasteiger partial charge on any atom is -0.398 e. The Morgan fingerprint density at radius 3 is 2.67 bits per heavy atom. The van der Waals surface area contributed by atoms with Gasteiger partial charge >= 0.3 is 0 Å². The summed E-state index contributed by atoms with van der Waals surface area (Å²) < 4.78 is 12.0. The van der Waals surface area contributed by atoms with Crippen molar-refractivity contribution in [3.63, 3.8) is 0 Å². The Morgan fingerprint density at radius 1 is 1.44 bits per heavy atom. The average molecular weight is 289 g/mol. The van der Waals surface area contributed by atoms with Crippen LogP contribution in [0.5, 0.6) is 0 Å². The highest BCUT2D eigenvalue weighted by molar-refractivity contribution is 7.85. The van der Waals surface area contributed by atoms with Crippen molar-refractivity contribution < 1.29 is 9.00 Å². The van der Waals surface area contributed by atoms with Crippen LogP contribution < -0.4 is 5.73 Å². The van der Waals surface area contributed by atoms with Crippen molar-refractivity contribution in [2.75, 3.05) is 25.6 Å². The minimum atomic E-state index is -1.19. The lowest BCUT2D eigenvalue weighted by Crippen LogP contribution is -2.21. The molecule has 0 aromatic heterocycles. The van der Waals surface area contributed by atoms with Gasteiger partial charge in [0.1, 0.15) is 0 Å². The van der Waals surface area contributed by atoms with Crippen molar-refractivity contribution >= 4 is 34.0 Å². The van der Waals surface area contributed by atoms with Crippen LogP contribution in [0, 0.1) is 0 Å². The normalized spacial score (nSPS) is 12.2. The summed E-state index contributed by atoms with van der Waals surface area (Å²) in [6.45, 7) is 0. The third-order valence-corrected chi connectivity index (χ3v) is 4.19. The van der Waals surface area contributed by atoms with E-state index in [1.54, 1.807) is 32.3 Å². The van der Waals surface area contributed by atoms with E-state index in [0.29, 0.717) is 34.2 Å². The second-order valence-corrected chi connectivity index (χ2v) is 6.10. The van der Waals surface area contributed by atoms with Gasteiger partial charge in [0.05, 0.1) is 15.7 Å². The number of hydrogen-bond donors (Lipinski definition) is 1. The van der Waals surface area contributed by atoms with E-state index in [0.717, 1.165) is 0 Å². The number of nitrogens with zero attached hydrogens (tertiary/aromatic N) is 1. The number of amides is 1. The summed E-state index contributed by atoms with van der Waals surface area (Å²) in [4.78, 5) is 13.5. The molecule has 4 nitrogen and oxygen atoms in total. The molecule has 0 bridgehead atoms. The molecule has 6 heteroatoms. The molecule has 1 atom stereocenters. The molecule has 0 saturated heterocycles. The number of carbonyl (C=O) groups is 1. The summed E-state index contributed by atoms with van der Waals surface area (Å²) in [6, 6.07) is 4.91. The van der Waals surface area contributed by atoms with E-state index in [2.05, 4.69) is 0 Å². The van der Waals surface area contributed by atoms with E-state index in [1.165, 1.54) is 4.90 Å². The van der Waals surface area contributed by atoms with Crippen LogP contribution in [0.25, 0.3) is 0 Å². The van der Waals surface area contributed by atoms with Gasteiger partial charge in [-0.1, -0.05) is 11.6 Å². The molecule has 0 radical (unpaired) electrons. The monoisotopic (exact) mass is 288 g/mol. The van der Waals surface area contributed by atoms with Crippen molar-refractivity contribution in [3.8, 4) is 0 Å². The smallest absolute Gasteiger partial charge is 0.222 e. The average Bonchev–Trinajstić information content (AvgIpc) is 2.28. The summed E-state index contributed by atoms with van der Waals surface area (Å²) in [5.41, 5.74) is 6.18. The zero-order chi connectivity index (χ0) is 13.7. The topological polar surface area (TPSA) is 63.4 Å². The first-order valence-electron chi connectivity index (χ1n) is 5.55. The lowest BCUT2D eigenvalue weighted by Gasteiger charge is -2.10. The number of benzene rings is 1. The number of hydrogen-bond acceptors (Lipinski definition) is 3. The summed E-state index contributed by atoms with van der Waals surface area (Å²) in [5.74, 6) is 0.460. The Labute approximate surface area is 115 Å². The van der Waals surface area contributed by atoms with Crippen molar-refractivity contribution in [1.29, 1.82) is 0 Å². The van der Waals surface area contributed by atoms with Crippen molar-refractivity contribution in [2.24, 2.45) is 0 Å². The van der Waals surface area contributed by atoms with Gasteiger partial charge in [-0.2, -0.15) is 0 Å². The second kappa shape index (κ2) is 6.75. The molecule has 100 valence electrons. The summed E-state index contributed by atoms with van der Waals surface area (Å²) >= 11 is 5.77. The number of rotatable bonds is 5. The van der Waals surface area contributed by atoms with Gasteiger partial charge in [0, 0.05) is 37.0 Å². The Kier molecular flexibility index (Phi) is 5.62. The van der Waals surface area contributed by atoms with E-state index in [9.17, 15) is 9.00 Å². The fraction of sp³-hybridized carbons (Fsp3) is 0.417. The van der Waals surface area contributed by atoms with Gasteiger partial charge in [-0.05, 0) is 24.6 Å². The first-order chi connectivity index (χ1) is 8.41. The van der Waals surface area contributed by atoms with Crippen LogP contribution in [0.2, 0.25) is 5.02 Å². The molecule has 0 fully saturated rings. The van der Waals surface area contributed by atoms with Crippen LogP contribution in [0.1, 0.15) is 12.8 Å². The Bertz CT molecular complexity index is 463. The number of nitrogens with two attached hydrogens (primary N) is 1. The molecular formula is C12H17ClN2O2S.